The molecule has 0 unspecified atom stereocenters. The van der Waals surface area contributed by atoms with Crippen LogP contribution in [0.5, 0.6) is 0 Å². The summed E-state index contributed by atoms with van der Waals surface area (Å²) in [5.74, 6) is 0.229. The quantitative estimate of drug-likeness (QED) is 0.837. The summed E-state index contributed by atoms with van der Waals surface area (Å²) in [4.78, 5) is 15.9. The maximum absolute atomic E-state index is 11.3. The zero-order valence-corrected chi connectivity index (χ0v) is 12.5. The third-order valence-electron chi connectivity index (χ3n) is 4.66. The highest BCUT2D eigenvalue weighted by molar-refractivity contribution is 5.73. The van der Waals surface area contributed by atoms with E-state index in [0.717, 1.165) is 44.8 Å². The van der Waals surface area contributed by atoms with E-state index in [1.54, 1.807) is 6.92 Å². The molecular weight excluding hydrogens is 238 g/mol. The van der Waals surface area contributed by atoms with Crippen molar-refractivity contribution in [2.45, 2.75) is 58.0 Å². The Labute approximate surface area is 117 Å². The molecule has 0 aromatic carbocycles. The first kappa shape index (κ1) is 14.8. The Morgan fingerprint density at radius 1 is 1.11 bits per heavy atom. The normalized spacial score (nSPS) is 29.5. The lowest BCUT2D eigenvalue weighted by atomic mass is 9.89. The van der Waals surface area contributed by atoms with Crippen LogP contribution in [0.3, 0.4) is 0 Å². The molecule has 2 rings (SSSR count). The van der Waals surface area contributed by atoms with Gasteiger partial charge in [-0.25, -0.2) is 0 Å². The van der Waals surface area contributed by atoms with Crippen LogP contribution in [0.15, 0.2) is 0 Å². The number of hydrogen-bond acceptors (Lipinski definition) is 3. The van der Waals surface area contributed by atoms with Gasteiger partial charge in [-0.2, -0.15) is 0 Å². The molecule has 2 aliphatic rings. The van der Waals surface area contributed by atoms with Gasteiger partial charge in [-0.05, 0) is 38.6 Å². The topological polar surface area (TPSA) is 35.6 Å². The van der Waals surface area contributed by atoms with Crippen molar-refractivity contribution in [3.05, 3.63) is 0 Å². The molecule has 4 heteroatoms. The molecule has 0 spiro atoms. The van der Waals surface area contributed by atoms with Crippen molar-refractivity contribution >= 4 is 5.91 Å². The summed E-state index contributed by atoms with van der Waals surface area (Å²) >= 11 is 0. The van der Waals surface area contributed by atoms with Crippen LogP contribution in [-0.2, 0) is 4.79 Å². The molecule has 1 saturated heterocycles. The summed E-state index contributed by atoms with van der Waals surface area (Å²) in [6.07, 6.45) is 6.50. The lowest BCUT2D eigenvalue weighted by molar-refractivity contribution is -0.131. The maximum atomic E-state index is 11.3. The summed E-state index contributed by atoms with van der Waals surface area (Å²) in [6.45, 7) is 9.04. The lowest BCUT2D eigenvalue weighted by Crippen LogP contribution is -2.53. The Hall–Kier alpha value is -0.610. The molecule has 1 aliphatic carbocycles. The first-order valence-corrected chi connectivity index (χ1v) is 7.93. The van der Waals surface area contributed by atoms with Gasteiger partial charge in [0.1, 0.15) is 0 Å². The van der Waals surface area contributed by atoms with Crippen LogP contribution in [0.4, 0.5) is 0 Å². The highest BCUT2D eigenvalue weighted by Crippen LogP contribution is 2.24. The number of carbonyl (C=O) groups is 1. The van der Waals surface area contributed by atoms with Gasteiger partial charge in [-0.1, -0.05) is 6.92 Å². The summed E-state index contributed by atoms with van der Waals surface area (Å²) in [7, 11) is 0. The Kier molecular flexibility index (Phi) is 5.64. The third-order valence-corrected chi connectivity index (χ3v) is 4.66. The Morgan fingerprint density at radius 2 is 1.74 bits per heavy atom. The fourth-order valence-corrected chi connectivity index (χ4v) is 3.40. The van der Waals surface area contributed by atoms with Gasteiger partial charge in [0.2, 0.25) is 5.91 Å². The minimum Gasteiger partial charge on any atom is -0.340 e. The van der Waals surface area contributed by atoms with E-state index in [1.807, 2.05) is 4.90 Å². The summed E-state index contributed by atoms with van der Waals surface area (Å²) in [5.41, 5.74) is 0. The van der Waals surface area contributed by atoms with Crippen LogP contribution in [0.2, 0.25) is 0 Å². The van der Waals surface area contributed by atoms with Crippen molar-refractivity contribution in [3.63, 3.8) is 0 Å². The van der Waals surface area contributed by atoms with E-state index in [9.17, 15) is 4.79 Å². The Morgan fingerprint density at radius 3 is 2.26 bits per heavy atom. The second-order valence-electron chi connectivity index (χ2n) is 6.00. The first-order valence-electron chi connectivity index (χ1n) is 7.93. The summed E-state index contributed by atoms with van der Waals surface area (Å²) < 4.78 is 0. The number of nitrogens with zero attached hydrogens (tertiary/aromatic N) is 2. The second-order valence-corrected chi connectivity index (χ2v) is 6.00. The molecule has 0 aromatic heterocycles. The molecule has 0 aromatic rings. The van der Waals surface area contributed by atoms with Gasteiger partial charge in [-0.15, -0.1) is 0 Å². The third kappa shape index (κ3) is 4.18. The van der Waals surface area contributed by atoms with Crippen LogP contribution >= 0.6 is 0 Å². The molecule has 110 valence electrons. The molecule has 0 bridgehead atoms. The molecular formula is C15H29N3O. The van der Waals surface area contributed by atoms with Gasteiger partial charge in [0.05, 0.1) is 0 Å². The van der Waals surface area contributed by atoms with Gasteiger partial charge in [0.25, 0.3) is 0 Å². The molecule has 19 heavy (non-hydrogen) atoms. The van der Waals surface area contributed by atoms with Gasteiger partial charge in [0, 0.05) is 45.2 Å². The van der Waals surface area contributed by atoms with Crippen molar-refractivity contribution < 1.29 is 4.79 Å². The van der Waals surface area contributed by atoms with Gasteiger partial charge >= 0.3 is 0 Å². The van der Waals surface area contributed by atoms with Gasteiger partial charge < -0.3 is 10.2 Å². The molecule has 1 amide bonds. The van der Waals surface area contributed by atoms with Crippen molar-refractivity contribution in [1.82, 2.24) is 15.1 Å². The number of rotatable bonds is 4. The zero-order valence-electron chi connectivity index (χ0n) is 12.5. The van der Waals surface area contributed by atoms with E-state index in [-0.39, 0.29) is 5.91 Å². The molecule has 0 radical (unpaired) electrons. The van der Waals surface area contributed by atoms with Gasteiger partial charge in [0.15, 0.2) is 0 Å². The second kappa shape index (κ2) is 7.25. The largest absolute Gasteiger partial charge is 0.340 e. The highest BCUT2D eigenvalue weighted by Gasteiger charge is 2.28. The Bertz CT molecular complexity index is 279. The predicted molar refractivity (Wildman–Crippen MR) is 78.2 cm³/mol. The molecule has 4 nitrogen and oxygen atoms in total. The zero-order chi connectivity index (χ0) is 13.7. The number of carbonyl (C=O) groups excluding carboxylic acids is 1. The monoisotopic (exact) mass is 267 g/mol. The summed E-state index contributed by atoms with van der Waals surface area (Å²) in [6, 6.07) is 1.50. The van der Waals surface area contributed by atoms with Crippen LogP contribution in [0, 0.1) is 0 Å². The summed E-state index contributed by atoms with van der Waals surface area (Å²) in [5, 5.41) is 3.65. The maximum Gasteiger partial charge on any atom is 0.219 e. The lowest BCUT2D eigenvalue weighted by Gasteiger charge is -2.42. The molecule has 0 atom stereocenters. The van der Waals surface area contributed by atoms with Gasteiger partial charge in [-0.3, -0.25) is 9.69 Å². The van der Waals surface area contributed by atoms with E-state index < -0.39 is 0 Å². The van der Waals surface area contributed by atoms with Crippen molar-refractivity contribution in [2.24, 2.45) is 0 Å². The molecule has 1 N–H and O–H groups in total. The van der Waals surface area contributed by atoms with Crippen LogP contribution in [0.25, 0.3) is 0 Å². The number of piperazine rings is 1. The average Bonchev–Trinajstić information content (AvgIpc) is 2.46. The first-order chi connectivity index (χ1) is 9.20. The minimum atomic E-state index is 0.229. The van der Waals surface area contributed by atoms with E-state index in [0.29, 0.717) is 0 Å². The number of amides is 1. The minimum absolute atomic E-state index is 0.229. The van der Waals surface area contributed by atoms with E-state index in [2.05, 4.69) is 17.1 Å². The van der Waals surface area contributed by atoms with E-state index in [1.165, 1.54) is 32.1 Å². The predicted octanol–water partition coefficient (Wildman–Crippen LogP) is 1.46. The van der Waals surface area contributed by atoms with E-state index >= 15 is 0 Å². The SMILES string of the molecule is CCCNC1CCC(N2CCN(C(C)=O)CC2)CC1. The van der Waals surface area contributed by atoms with Crippen molar-refractivity contribution in [1.29, 1.82) is 0 Å². The van der Waals surface area contributed by atoms with Crippen LogP contribution in [0.1, 0.15) is 46.0 Å². The average molecular weight is 267 g/mol. The molecule has 1 heterocycles. The Balaban J connectivity index is 1.69. The smallest absolute Gasteiger partial charge is 0.219 e. The number of hydrogen-bond donors (Lipinski definition) is 1. The van der Waals surface area contributed by atoms with Crippen LogP contribution in [-0.4, -0.2) is 60.5 Å². The highest BCUT2D eigenvalue weighted by atomic mass is 16.2. The van der Waals surface area contributed by atoms with E-state index in [4.69, 9.17) is 0 Å². The van der Waals surface area contributed by atoms with Crippen molar-refractivity contribution in [2.75, 3.05) is 32.7 Å². The standard InChI is InChI=1S/C15H29N3O/c1-3-8-16-14-4-6-15(7-5-14)18-11-9-17(10-12-18)13(2)19/h14-16H,3-12H2,1-2H3. The fourth-order valence-electron chi connectivity index (χ4n) is 3.40. The number of nitrogens with one attached hydrogen (secondary N) is 1. The van der Waals surface area contributed by atoms with Crippen LogP contribution < -0.4 is 5.32 Å². The van der Waals surface area contributed by atoms with Crippen molar-refractivity contribution in [3.8, 4) is 0 Å². The molecule has 1 saturated carbocycles. The fraction of sp³-hybridized carbons (Fsp3) is 0.933. The molecule has 1 aliphatic heterocycles. The molecule has 2 fully saturated rings.